The molecule has 236 valence electrons. The van der Waals surface area contributed by atoms with Crippen LogP contribution < -0.4 is 10.6 Å². The molecule has 0 aliphatic rings. The average Bonchev–Trinajstić information content (AvgIpc) is 2.92. The van der Waals surface area contributed by atoms with Crippen LogP contribution in [0.1, 0.15) is 91.5 Å². The van der Waals surface area contributed by atoms with Gasteiger partial charge in [0.2, 0.25) is 11.8 Å². The van der Waals surface area contributed by atoms with Gasteiger partial charge in [0.1, 0.15) is 29.8 Å². The van der Waals surface area contributed by atoms with E-state index >= 15 is 0 Å². The Bertz CT molecular complexity index is 1220. The molecule has 0 aromatic heterocycles. The molecule has 3 unspecified atom stereocenters. The van der Waals surface area contributed by atoms with E-state index in [9.17, 15) is 19.2 Å². The van der Waals surface area contributed by atoms with Crippen molar-refractivity contribution in [2.24, 2.45) is 0 Å². The van der Waals surface area contributed by atoms with Crippen molar-refractivity contribution in [1.82, 2.24) is 15.5 Å². The van der Waals surface area contributed by atoms with Gasteiger partial charge >= 0.3 is 12.1 Å². The van der Waals surface area contributed by atoms with Gasteiger partial charge in [-0.1, -0.05) is 68.4 Å². The van der Waals surface area contributed by atoms with Crippen molar-refractivity contribution in [2.75, 3.05) is 6.54 Å². The van der Waals surface area contributed by atoms with Crippen LogP contribution in [0.2, 0.25) is 0 Å². The number of benzene rings is 2. The second kappa shape index (κ2) is 15.5. The van der Waals surface area contributed by atoms with Crippen LogP contribution in [-0.4, -0.2) is 58.6 Å². The topological polar surface area (TPSA) is 114 Å². The van der Waals surface area contributed by atoms with Crippen LogP contribution in [0, 0.1) is 0 Å². The van der Waals surface area contributed by atoms with Crippen molar-refractivity contribution in [3.8, 4) is 0 Å². The molecule has 3 amide bonds. The summed E-state index contributed by atoms with van der Waals surface area (Å²) < 4.78 is 11.0. The molecule has 9 heteroatoms. The smallest absolute Gasteiger partial charge is 0.408 e. The summed E-state index contributed by atoms with van der Waals surface area (Å²) in [5.41, 5.74) is 1.01. The Labute approximate surface area is 256 Å². The van der Waals surface area contributed by atoms with E-state index in [1.165, 1.54) is 4.90 Å². The minimum Gasteiger partial charge on any atom is -0.458 e. The lowest BCUT2D eigenvalue weighted by Crippen LogP contribution is -2.54. The number of rotatable bonds is 12. The molecule has 3 atom stereocenters. The monoisotopic (exact) mass is 595 g/mol. The molecule has 0 aliphatic heterocycles. The Balaban J connectivity index is 2.50. The zero-order valence-electron chi connectivity index (χ0n) is 27.2. The molecule has 0 saturated heterocycles. The lowest BCUT2D eigenvalue weighted by atomic mass is 9.98. The lowest BCUT2D eigenvalue weighted by molar-refractivity contribution is -0.159. The summed E-state index contributed by atoms with van der Waals surface area (Å²) in [6.07, 6.45) is 0.837. The number of amides is 3. The number of hydrogen-bond acceptors (Lipinski definition) is 6. The predicted octanol–water partition coefficient (Wildman–Crippen LogP) is 5.51. The van der Waals surface area contributed by atoms with Gasteiger partial charge in [0.15, 0.2) is 0 Å². The van der Waals surface area contributed by atoms with Gasteiger partial charge in [-0.2, -0.15) is 0 Å². The van der Waals surface area contributed by atoms with Crippen LogP contribution in [0.15, 0.2) is 54.6 Å². The zero-order valence-corrected chi connectivity index (χ0v) is 27.2. The molecular weight excluding hydrogens is 546 g/mol. The molecule has 0 radical (unpaired) electrons. The highest BCUT2D eigenvalue weighted by Gasteiger charge is 2.37. The Kier molecular flexibility index (Phi) is 12.8. The van der Waals surface area contributed by atoms with Gasteiger partial charge in [-0.25, -0.2) is 9.59 Å². The van der Waals surface area contributed by atoms with Gasteiger partial charge in [-0.15, -0.1) is 0 Å². The van der Waals surface area contributed by atoms with Crippen molar-refractivity contribution in [3.05, 3.63) is 71.3 Å². The fourth-order valence-corrected chi connectivity index (χ4v) is 4.43. The molecule has 0 aliphatic carbocycles. The standard InChI is InChI=1S/C34H49N3O6/c1-10-23(3)37(28(38)22-35-32(41)43-34(7,8)9)29(26-19-17-24(11-2)18-20-26)30(39)36-27(31(40)42-33(4,5)6)21-25-15-13-12-14-16-25/h12-20,23,27,29H,10-11,21-22H2,1-9H3,(H,35,41)(H,36,39). The normalized spacial score (nSPS) is 13.7. The summed E-state index contributed by atoms with van der Waals surface area (Å²) in [4.78, 5) is 55.1. The minimum atomic E-state index is -1.07. The molecule has 2 aromatic carbocycles. The molecular formula is C34H49N3O6. The highest BCUT2D eigenvalue weighted by atomic mass is 16.6. The van der Waals surface area contributed by atoms with E-state index in [4.69, 9.17) is 9.47 Å². The molecule has 2 N–H and O–H groups in total. The average molecular weight is 596 g/mol. The van der Waals surface area contributed by atoms with Crippen LogP contribution in [-0.2, 0) is 36.7 Å². The summed E-state index contributed by atoms with van der Waals surface area (Å²) in [6.45, 7) is 15.9. The van der Waals surface area contributed by atoms with Crippen molar-refractivity contribution in [2.45, 2.75) is 111 Å². The Morgan fingerprint density at radius 1 is 0.814 bits per heavy atom. The number of nitrogens with one attached hydrogen (secondary N) is 2. The molecule has 0 fully saturated rings. The number of hydrogen-bond donors (Lipinski definition) is 2. The molecule has 0 saturated carbocycles. The van der Waals surface area contributed by atoms with Gasteiger partial charge in [0.05, 0.1) is 0 Å². The first kappa shape index (κ1) is 35.3. The summed E-state index contributed by atoms with van der Waals surface area (Å²) in [7, 11) is 0. The number of aryl methyl sites for hydroxylation is 1. The zero-order chi connectivity index (χ0) is 32.4. The summed E-state index contributed by atoms with van der Waals surface area (Å²) in [5, 5.41) is 5.43. The van der Waals surface area contributed by atoms with Gasteiger partial charge in [0, 0.05) is 12.5 Å². The SMILES string of the molecule is CCc1ccc(C(C(=O)NC(Cc2ccccc2)C(=O)OC(C)(C)C)N(C(=O)CNC(=O)OC(C)(C)C)C(C)CC)cc1. The molecule has 43 heavy (non-hydrogen) atoms. The first-order valence-corrected chi connectivity index (χ1v) is 15.0. The number of ether oxygens (including phenoxy) is 2. The van der Waals surface area contributed by atoms with Crippen LogP contribution >= 0.6 is 0 Å². The fraction of sp³-hybridized carbons (Fsp3) is 0.529. The van der Waals surface area contributed by atoms with Crippen molar-refractivity contribution < 1.29 is 28.7 Å². The maximum Gasteiger partial charge on any atom is 0.408 e. The third-order valence-electron chi connectivity index (χ3n) is 6.66. The number of carbonyl (C=O) groups is 4. The molecule has 0 spiro atoms. The Morgan fingerprint density at radius 3 is 1.91 bits per heavy atom. The van der Waals surface area contributed by atoms with Crippen LogP contribution in [0.25, 0.3) is 0 Å². The predicted molar refractivity (Wildman–Crippen MR) is 167 cm³/mol. The molecule has 0 heterocycles. The number of nitrogens with zero attached hydrogens (tertiary/aromatic N) is 1. The first-order chi connectivity index (χ1) is 20.0. The number of carbonyl (C=O) groups excluding carboxylic acids is 4. The summed E-state index contributed by atoms with van der Waals surface area (Å²) >= 11 is 0. The fourth-order valence-electron chi connectivity index (χ4n) is 4.43. The van der Waals surface area contributed by atoms with E-state index in [1.54, 1.807) is 41.5 Å². The second-order valence-electron chi connectivity index (χ2n) is 12.7. The maximum atomic E-state index is 14.2. The third kappa shape index (κ3) is 11.7. The molecule has 9 nitrogen and oxygen atoms in total. The van der Waals surface area contributed by atoms with E-state index in [0.717, 1.165) is 17.5 Å². The van der Waals surface area contributed by atoms with Gasteiger partial charge in [-0.05, 0) is 78.0 Å². The highest BCUT2D eigenvalue weighted by Crippen LogP contribution is 2.26. The quantitative estimate of drug-likeness (QED) is 0.313. The Morgan fingerprint density at radius 2 is 1.40 bits per heavy atom. The Hall–Kier alpha value is -3.88. The van der Waals surface area contributed by atoms with Crippen molar-refractivity contribution >= 4 is 23.9 Å². The van der Waals surface area contributed by atoms with E-state index in [1.807, 2.05) is 75.4 Å². The van der Waals surface area contributed by atoms with Crippen LogP contribution in [0.3, 0.4) is 0 Å². The summed E-state index contributed by atoms with van der Waals surface area (Å²) in [6, 6.07) is 14.4. The van der Waals surface area contributed by atoms with Gasteiger partial charge in [0.25, 0.3) is 0 Å². The van der Waals surface area contributed by atoms with E-state index < -0.39 is 47.2 Å². The third-order valence-corrected chi connectivity index (χ3v) is 6.66. The van der Waals surface area contributed by atoms with Crippen LogP contribution in [0.5, 0.6) is 0 Å². The van der Waals surface area contributed by atoms with Gasteiger partial charge in [-0.3, -0.25) is 9.59 Å². The van der Waals surface area contributed by atoms with E-state index in [2.05, 4.69) is 10.6 Å². The number of alkyl carbamates (subject to hydrolysis) is 1. The van der Waals surface area contributed by atoms with Crippen LogP contribution in [0.4, 0.5) is 4.79 Å². The number of esters is 1. The molecule has 0 bridgehead atoms. The van der Waals surface area contributed by atoms with Crippen molar-refractivity contribution in [3.63, 3.8) is 0 Å². The molecule has 2 rings (SSSR count). The first-order valence-electron chi connectivity index (χ1n) is 15.0. The van der Waals surface area contributed by atoms with Gasteiger partial charge < -0.3 is 25.0 Å². The van der Waals surface area contributed by atoms with E-state index in [-0.39, 0.29) is 19.0 Å². The second-order valence-corrected chi connectivity index (χ2v) is 12.7. The largest absolute Gasteiger partial charge is 0.458 e. The molecule has 2 aromatic rings. The lowest BCUT2D eigenvalue weighted by Gasteiger charge is -2.37. The maximum absolute atomic E-state index is 14.2. The highest BCUT2D eigenvalue weighted by molar-refractivity contribution is 5.93. The minimum absolute atomic E-state index is 0.209. The van der Waals surface area contributed by atoms with E-state index in [0.29, 0.717) is 12.0 Å². The summed E-state index contributed by atoms with van der Waals surface area (Å²) in [5.74, 6) is -1.56. The van der Waals surface area contributed by atoms with Crippen molar-refractivity contribution in [1.29, 1.82) is 0 Å².